The highest BCUT2D eigenvalue weighted by Crippen LogP contribution is 2.22. The number of carbonyl (C=O) groups excluding carboxylic acids is 2. The summed E-state index contributed by atoms with van der Waals surface area (Å²) < 4.78 is 28.8. The van der Waals surface area contributed by atoms with Gasteiger partial charge in [0.05, 0.1) is 11.1 Å². The molecule has 9 nitrogen and oxygen atoms in total. The van der Waals surface area contributed by atoms with E-state index in [-0.39, 0.29) is 22.8 Å². The van der Waals surface area contributed by atoms with Crippen molar-refractivity contribution in [1.29, 1.82) is 0 Å². The number of hydrogen-bond acceptors (Lipinski definition) is 5. The van der Waals surface area contributed by atoms with Gasteiger partial charge in [-0.05, 0) is 43.2 Å². The van der Waals surface area contributed by atoms with Crippen molar-refractivity contribution in [3.8, 4) is 0 Å². The largest absolute Gasteiger partial charge is 0.350 e. The zero-order chi connectivity index (χ0) is 21.7. The maximum Gasteiger partial charge on any atom is 0.244 e. The van der Waals surface area contributed by atoms with Gasteiger partial charge in [0.15, 0.2) is 0 Å². The Bertz CT molecular complexity index is 1040. The number of hydrogen-bond donors (Lipinski definition) is 2. The third-order valence-corrected chi connectivity index (χ3v) is 6.68. The second-order valence-electron chi connectivity index (χ2n) is 7.17. The predicted octanol–water partition coefficient (Wildman–Crippen LogP) is 1.36. The fourth-order valence-electron chi connectivity index (χ4n) is 3.25. The van der Waals surface area contributed by atoms with Crippen LogP contribution in [0, 0.1) is 0 Å². The first-order valence-electron chi connectivity index (χ1n) is 9.59. The summed E-state index contributed by atoms with van der Waals surface area (Å²) in [7, 11) is -1.82. The van der Waals surface area contributed by atoms with Crippen LogP contribution in [0.25, 0.3) is 6.08 Å². The molecular weight excluding hydrogens is 406 g/mol. The summed E-state index contributed by atoms with van der Waals surface area (Å²) >= 11 is 0. The molecule has 0 aliphatic carbocycles. The fourth-order valence-corrected chi connectivity index (χ4v) is 4.72. The predicted molar refractivity (Wildman–Crippen MR) is 113 cm³/mol. The van der Waals surface area contributed by atoms with Crippen LogP contribution in [0.1, 0.15) is 25.3 Å². The number of benzene rings is 1. The molecule has 0 unspecified atom stereocenters. The number of nitrogens with zero attached hydrogens (tertiary/aromatic N) is 3. The minimum atomic E-state index is -3.62. The number of anilines is 1. The first-order valence-corrected chi connectivity index (χ1v) is 11.0. The molecule has 30 heavy (non-hydrogen) atoms. The van der Waals surface area contributed by atoms with Gasteiger partial charge in [-0.2, -0.15) is 9.40 Å². The lowest BCUT2D eigenvalue weighted by Gasteiger charge is -2.31. The Morgan fingerprint density at radius 1 is 1.17 bits per heavy atom. The normalized spacial score (nSPS) is 15.9. The van der Waals surface area contributed by atoms with Crippen LogP contribution in [0.2, 0.25) is 0 Å². The van der Waals surface area contributed by atoms with Crippen molar-refractivity contribution in [3.05, 3.63) is 48.3 Å². The third-order valence-electron chi connectivity index (χ3n) is 4.76. The maximum atomic E-state index is 12.8. The van der Waals surface area contributed by atoms with E-state index >= 15 is 0 Å². The van der Waals surface area contributed by atoms with E-state index in [1.165, 1.54) is 29.4 Å². The molecule has 0 saturated carbocycles. The van der Waals surface area contributed by atoms with Gasteiger partial charge in [0.2, 0.25) is 21.8 Å². The second kappa shape index (κ2) is 9.23. The summed E-state index contributed by atoms with van der Waals surface area (Å²) in [6.45, 7) is 2.04. The quantitative estimate of drug-likeness (QED) is 0.671. The van der Waals surface area contributed by atoms with Crippen molar-refractivity contribution in [2.45, 2.75) is 30.7 Å². The lowest BCUT2D eigenvalue weighted by atomic mass is 10.1. The summed E-state index contributed by atoms with van der Waals surface area (Å²) in [6, 6.07) is 6.02. The Kier molecular flexibility index (Phi) is 6.68. The van der Waals surface area contributed by atoms with Crippen LogP contribution in [-0.2, 0) is 26.7 Å². The Morgan fingerprint density at radius 3 is 2.40 bits per heavy atom. The highest BCUT2D eigenvalue weighted by Gasteiger charge is 2.29. The molecule has 0 radical (unpaired) electrons. The van der Waals surface area contributed by atoms with Gasteiger partial charge in [-0.1, -0.05) is 0 Å². The zero-order valence-corrected chi connectivity index (χ0v) is 17.7. The highest BCUT2D eigenvalue weighted by atomic mass is 32.2. The van der Waals surface area contributed by atoms with Gasteiger partial charge < -0.3 is 10.6 Å². The molecule has 2 N–H and O–H groups in total. The SMILES string of the molecule is CC(=O)Nc1ccc(S(=O)(=O)N2CCC(NC(=O)/C=C/c3cnn(C)c3)CC2)cc1. The van der Waals surface area contributed by atoms with Gasteiger partial charge in [0.1, 0.15) is 0 Å². The Morgan fingerprint density at radius 2 is 1.83 bits per heavy atom. The highest BCUT2D eigenvalue weighted by molar-refractivity contribution is 7.89. The Balaban J connectivity index is 1.53. The van der Waals surface area contributed by atoms with Crippen molar-refractivity contribution < 1.29 is 18.0 Å². The lowest BCUT2D eigenvalue weighted by molar-refractivity contribution is -0.117. The molecule has 160 valence electrons. The van der Waals surface area contributed by atoms with Gasteiger partial charge in [0, 0.05) is 56.6 Å². The van der Waals surface area contributed by atoms with E-state index in [4.69, 9.17) is 0 Å². The summed E-state index contributed by atoms with van der Waals surface area (Å²) in [5, 5.41) is 9.57. The van der Waals surface area contributed by atoms with E-state index in [0.29, 0.717) is 31.6 Å². The first kappa shape index (κ1) is 21.7. The number of amides is 2. The summed E-state index contributed by atoms with van der Waals surface area (Å²) in [5.41, 5.74) is 1.38. The molecule has 1 fully saturated rings. The van der Waals surface area contributed by atoms with Crippen molar-refractivity contribution in [1.82, 2.24) is 19.4 Å². The van der Waals surface area contributed by atoms with Crippen molar-refractivity contribution in [3.63, 3.8) is 0 Å². The van der Waals surface area contributed by atoms with E-state index in [2.05, 4.69) is 15.7 Å². The standard InChI is InChI=1S/C20H25N5O4S/c1-15(26)22-17-4-6-19(7-5-17)30(28,29)25-11-9-18(10-12-25)23-20(27)8-3-16-13-21-24(2)14-16/h3-8,13-14,18H,9-12H2,1-2H3,(H,22,26)(H,23,27)/b8-3+. The molecule has 0 bridgehead atoms. The first-order chi connectivity index (χ1) is 14.2. The van der Waals surface area contributed by atoms with E-state index in [9.17, 15) is 18.0 Å². The van der Waals surface area contributed by atoms with Crippen LogP contribution in [0.5, 0.6) is 0 Å². The summed E-state index contributed by atoms with van der Waals surface area (Å²) in [6.07, 6.45) is 7.68. The van der Waals surface area contributed by atoms with Gasteiger partial charge in [-0.3, -0.25) is 14.3 Å². The summed E-state index contributed by atoms with van der Waals surface area (Å²) in [5.74, 6) is -0.432. The zero-order valence-electron chi connectivity index (χ0n) is 16.9. The third kappa shape index (κ3) is 5.55. The second-order valence-corrected chi connectivity index (χ2v) is 9.11. The molecule has 0 spiro atoms. The number of piperidine rings is 1. The number of aromatic nitrogens is 2. The minimum absolute atomic E-state index is 0.0790. The van der Waals surface area contributed by atoms with Gasteiger partial charge in [0.25, 0.3) is 0 Å². The molecule has 2 amide bonds. The molecule has 1 aromatic carbocycles. The monoisotopic (exact) mass is 431 g/mol. The molecule has 2 aromatic rings. The average Bonchev–Trinajstić information content (AvgIpc) is 3.12. The molecular formula is C20H25N5O4S. The molecule has 1 aromatic heterocycles. The molecule has 10 heteroatoms. The fraction of sp³-hybridized carbons (Fsp3) is 0.350. The number of aryl methyl sites for hydroxylation is 1. The number of sulfonamides is 1. The molecule has 2 heterocycles. The lowest BCUT2D eigenvalue weighted by Crippen LogP contribution is -2.46. The van der Waals surface area contributed by atoms with E-state index in [1.807, 2.05) is 0 Å². The van der Waals surface area contributed by atoms with E-state index < -0.39 is 10.0 Å². The minimum Gasteiger partial charge on any atom is -0.350 e. The van der Waals surface area contributed by atoms with Crippen molar-refractivity contribution in [2.24, 2.45) is 7.05 Å². The molecule has 1 saturated heterocycles. The number of carbonyl (C=O) groups is 2. The molecule has 0 atom stereocenters. The molecule has 1 aliphatic heterocycles. The number of nitrogens with one attached hydrogen (secondary N) is 2. The van der Waals surface area contributed by atoms with Crippen LogP contribution in [0.4, 0.5) is 5.69 Å². The van der Waals surface area contributed by atoms with Gasteiger partial charge in [-0.15, -0.1) is 0 Å². The van der Waals surface area contributed by atoms with E-state index in [0.717, 1.165) is 5.56 Å². The molecule has 3 rings (SSSR count). The topological polar surface area (TPSA) is 113 Å². The summed E-state index contributed by atoms with van der Waals surface area (Å²) in [4.78, 5) is 23.4. The van der Waals surface area contributed by atoms with Crippen molar-refractivity contribution in [2.75, 3.05) is 18.4 Å². The maximum absolute atomic E-state index is 12.8. The van der Waals surface area contributed by atoms with Gasteiger partial charge in [-0.25, -0.2) is 8.42 Å². The van der Waals surface area contributed by atoms with E-state index in [1.54, 1.807) is 42.3 Å². The molecule has 1 aliphatic rings. The Hall–Kier alpha value is -2.98. The van der Waals surface area contributed by atoms with Crippen LogP contribution < -0.4 is 10.6 Å². The van der Waals surface area contributed by atoms with Crippen LogP contribution >= 0.6 is 0 Å². The van der Waals surface area contributed by atoms with Crippen LogP contribution in [0.3, 0.4) is 0 Å². The van der Waals surface area contributed by atoms with Gasteiger partial charge >= 0.3 is 0 Å². The van der Waals surface area contributed by atoms with Crippen LogP contribution in [-0.4, -0.2) is 53.4 Å². The number of rotatable bonds is 6. The Labute approximate surface area is 175 Å². The van der Waals surface area contributed by atoms with Crippen molar-refractivity contribution >= 4 is 33.6 Å². The van der Waals surface area contributed by atoms with Crippen LogP contribution in [0.15, 0.2) is 47.6 Å². The average molecular weight is 432 g/mol. The smallest absolute Gasteiger partial charge is 0.244 e.